The highest BCUT2D eigenvalue weighted by atomic mass is 32.1. The monoisotopic (exact) mass is 476 g/mol. The molecule has 3 rings (SSSR count). The Morgan fingerprint density at radius 3 is 1.59 bits per heavy atom. The number of nitrogens with one attached hydrogen (secondary N) is 2. The van der Waals surface area contributed by atoms with Crippen LogP contribution in [-0.2, 0) is 22.4 Å². The van der Waals surface area contributed by atoms with E-state index in [0.717, 1.165) is 59.9 Å². The lowest BCUT2D eigenvalue weighted by Gasteiger charge is -2.36. The molecular formula is C24H36N4O2S2. The van der Waals surface area contributed by atoms with Gasteiger partial charge in [0.05, 0.1) is 21.4 Å². The van der Waals surface area contributed by atoms with E-state index in [9.17, 15) is 9.59 Å². The molecule has 1 fully saturated rings. The Kier molecular flexibility index (Phi) is 8.82. The summed E-state index contributed by atoms with van der Waals surface area (Å²) in [7, 11) is 0. The fourth-order valence-electron chi connectivity index (χ4n) is 4.77. The first-order valence-electron chi connectivity index (χ1n) is 11.7. The fourth-order valence-corrected chi connectivity index (χ4v) is 6.64. The Morgan fingerprint density at radius 1 is 0.781 bits per heavy atom. The largest absolute Gasteiger partial charge is 0.356 e. The van der Waals surface area contributed by atoms with Crippen LogP contribution in [0.3, 0.4) is 0 Å². The van der Waals surface area contributed by atoms with E-state index in [-0.39, 0.29) is 17.2 Å². The predicted molar refractivity (Wildman–Crippen MR) is 131 cm³/mol. The summed E-state index contributed by atoms with van der Waals surface area (Å²) in [6.45, 7) is 9.31. The molecule has 6 nitrogen and oxygen atoms in total. The number of hydrogen-bond acceptors (Lipinski definition) is 6. The van der Waals surface area contributed by atoms with Gasteiger partial charge >= 0.3 is 0 Å². The maximum Gasteiger partial charge on any atom is 0.220 e. The van der Waals surface area contributed by atoms with Crippen molar-refractivity contribution in [3.05, 3.63) is 31.2 Å². The van der Waals surface area contributed by atoms with Gasteiger partial charge in [0.25, 0.3) is 0 Å². The molecular weight excluding hydrogens is 440 g/mol. The number of aromatic nitrogens is 2. The van der Waals surface area contributed by atoms with Gasteiger partial charge in [-0.3, -0.25) is 9.59 Å². The zero-order valence-corrected chi connectivity index (χ0v) is 21.4. The first kappa shape index (κ1) is 24.8. The molecule has 1 aliphatic rings. The summed E-state index contributed by atoms with van der Waals surface area (Å²) in [5.74, 6) is 0.128. The van der Waals surface area contributed by atoms with Gasteiger partial charge in [0.15, 0.2) is 0 Å². The average Bonchev–Trinajstić information content (AvgIpc) is 3.21. The van der Waals surface area contributed by atoms with Gasteiger partial charge in [-0.15, -0.1) is 22.7 Å². The van der Waals surface area contributed by atoms with E-state index in [2.05, 4.69) is 20.6 Å². The molecule has 0 saturated heterocycles. The second kappa shape index (κ2) is 11.4. The lowest BCUT2D eigenvalue weighted by Crippen LogP contribution is -2.38. The van der Waals surface area contributed by atoms with Crippen LogP contribution in [0, 0.1) is 33.1 Å². The molecule has 2 aromatic rings. The zero-order chi connectivity index (χ0) is 23.1. The number of amides is 2. The van der Waals surface area contributed by atoms with Crippen molar-refractivity contribution in [1.82, 2.24) is 20.6 Å². The highest BCUT2D eigenvalue weighted by Crippen LogP contribution is 2.42. The van der Waals surface area contributed by atoms with Crippen LogP contribution in [0.25, 0.3) is 0 Å². The van der Waals surface area contributed by atoms with Crippen LogP contribution in [0.15, 0.2) is 0 Å². The Balaban J connectivity index is 1.47. The molecule has 2 amide bonds. The van der Waals surface area contributed by atoms with E-state index >= 15 is 0 Å². The first-order chi connectivity index (χ1) is 15.3. The standard InChI is InChI=1S/C24H36N4O2S2/c1-16-20(31-18(3)27-16)8-12-25-22(29)14-24(10-6-5-7-11-24)15-23(30)26-13-9-21-17(2)28-19(4)32-21/h5-15H2,1-4H3,(H,25,29)(H,26,30). The van der Waals surface area contributed by atoms with Crippen LogP contribution in [0.5, 0.6) is 0 Å². The molecule has 0 aliphatic heterocycles. The zero-order valence-electron chi connectivity index (χ0n) is 19.8. The summed E-state index contributed by atoms with van der Waals surface area (Å²) in [6, 6.07) is 0. The summed E-state index contributed by atoms with van der Waals surface area (Å²) in [5, 5.41) is 8.31. The molecule has 2 aromatic heterocycles. The lowest BCUT2D eigenvalue weighted by molar-refractivity contribution is -0.127. The van der Waals surface area contributed by atoms with Crippen LogP contribution in [0.4, 0.5) is 0 Å². The molecule has 32 heavy (non-hydrogen) atoms. The molecule has 2 heterocycles. The van der Waals surface area contributed by atoms with Crippen molar-refractivity contribution in [2.45, 2.75) is 85.5 Å². The van der Waals surface area contributed by atoms with Crippen molar-refractivity contribution in [3.8, 4) is 0 Å². The summed E-state index contributed by atoms with van der Waals surface area (Å²) < 4.78 is 0. The fraction of sp³-hybridized carbons (Fsp3) is 0.667. The van der Waals surface area contributed by atoms with E-state index in [1.807, 2.05) is 27.7 Å². The third kappa shape index (κ3) is 7.10. The number of nitrogens with zero attached hydrogens (tertiary/aromatic N) is 2. The van der Waals surface area contributed by atoms with Gasteiger partial charge in [0.1, 0.15) is 0 Å². The number of thiazole rings is 2. The van der Waals surface area contributed by atoms with Crippen LogP contribution in [0.2, 0.25) is 0 Å². The maximum absolute atomic E-state index is 12.8. The Bertz CT molecular complexity index is 860. The number of aryl methyl sites for hydroxylation is 4. The molecule has 2 N–H and O–H groups in total. The molecule has 8 heteroatoms. The second-order valence-electron chi connectivity index (χ2n) is 9.10. The number of hydrogen-bond donors (Lipinski definition) is 2. The van der Waals surface area contributed by atoms with Crippen molar-refractivity contribution >= 4 is 34.5 Å². The smallest absolute Gasteiger partial charge is 0.220 e. The first-order valence-corrected chi connectivity index (χ1v) is 13.3. The van der Waals surface area contributed by atoms with Crippen LogP contribution in [-0.4, -0.2) is 34.9 Å². The van der Waals surface area contributed by atoms with Crippen molar-refractivity contribution in [2.24, 2.45) is 5.41 Å². The summed E-state index contributed by atoms with van der Waals surface area (Å²) in [5.41, 5.74) is 1.91. The third-order valence-corrected chi connectivity index (χ3v) is 8.60. The molecule has 0 unspecified atom stereocenters. The Hall–Kier alpha value is -1.80. The molecule has 0 bridgehead atoms. The van der Waals surface area contributed by atoms with Crippen molar-refractivity contribution in [2.75, 3.05) is 13.1 Å². The highest BCUT2D eigenvalue weighted by molar-refractivity contribution is 7.11. The Morgan fingerprint density at radius 2 is 1.22 bits per heavy atom. The maximum atomic E-state index is 12.8. The van der Waals surface area contributed by atoms with Crippen molar-refractivity contribution < 1.29 is 9.59 Å². The summed E-state index contributed by atoms with van der Waals surface area (Å²) in [4.78, 5) is 36.9. The van der Waals surface area contributed by atoms with Crippen LogP contribution < -0.4 is 10.6 Å². The van der Waals surface area contributed by atoms with Gasteiger partial charge in [0.2, 0.25) is 11.8 Å². The summed E-state index contributed by atoms with van der Waals surface area (Å²) >= 11 is 3.40. The van der Waals surface area contributed by atoms with E-state index in [4.69, 9.17) is 0 Å². The molecule has 1 aliphatic carbocycles. The van der Waals surface area contributed by atoms with Crippen molar-refractivity contribution in [1.29, 1.82) is 0 Å². The third-order valence-electron chi connectivity index (χ3n) is 6.33. The molecule has 1 saturated carbocycles. The lowest BCUT2D eigenvalue weighted by atomic mass is 9.69. The molecule has 0 radical (unpaired) electrons. The van der Waals surface area contributed by atoms with Gasteiger partial charge in [-0.25, -0.2) is 9.97 Å². The van der Waals surface area contributed by atoms with E-state index < -0.39 is 0 Å². The normalized spacial score (nSPS) is 15.5. The van der Waals surface area contributed by atoms with E-state index in [1.54, 1.807) is 22.7 Å². The Labute approximate surface area is 199 Å². The highest BCUT2D eigenvalue weighted by Gasteiger charge is 2.36. The van der Waals surface area contributed by atoms with Gasteiger partial charge in [-0.2, -0.15) is 0 Å². The summed E-state index contributed by atoms with van der Waals surface area (Å²) in [6.07, 6.45) is 7.79. The van der Waals surface area contributed by atoms with Crippen molar-refractivity contribution in [3.63, 3.8) is 0 Å². The number of carbonyl (C=O) groups excluding carboxylic acids is 2. The number of carbonyl (C=O) groups is 2. The van der Waals surface area contributed by atoms with Gasteiger partial charge < -0.3 is 10.6 Å². The topological polar surface area (TPSA) is 84.0 Å². The van der Waals surface area contributed by atoms with E-state index in [0.29, 0.717) is 25.9 Å². The SMILES string of the molecule is Cc1nc(C)c(CCNC(=O)CC2(CC(=O)NCCc3sc(C)nc3C)CCCCC2)s1. The number of rotatable bonds is 10. The molecule has 176 valence electrons. The minimum Gasteiger partial charge on any atom is -0.356 e. The second-order valence-corrected chi connectivity index (χ2v) is 11.7. The van der Waals surface area contributed by atoms with Gasteiger partial charge in [-0.1, -0.05) is 19.3 Å². The minimum absolute atomic E-state index is 0.0642. The predicted octanol–water partition coefficient (Wildman–Crippen LogP) is 4.58. The van der Waals surface area contributed by atoms with E-state index in [1.165, 1.54) is 16.2 Å². The van der Waals surface area contributed by atoms with Crippen LogP contribution >= 0.6 is 22.7 Å². The van der Waals surface area contributed by atoms with Crippen LogP contribution in [0.1, 0.15) is 76.1 Å². The minimum atomic E-state index is -0.208. The molecule has 0 atom stereocenters. The quantitative estimate of drug-likeness (QED) is 0.526. The average molecular weight is 477 g/mol. The van der Waals surface area contributed by atoms with Gasteiger partial charge in [-0.05, 0) is 46.0 Å². The van der Waals surface area contributed by atoms with Gasteiger partial charge in [0, 0.05) is 48.5 Å². The molecule has 0 spiro atoms. The molecule has 0 aromatic carbocycles.